The van der Waals surface area contributed by atoms with Crippen LogP contribution >= 0.6 is 0 Å². The Morgan fingerprint density at radius 1 is 0.737 bits per heavy atom. The quantitative estimate of drug-likeness (QED) is 0.0626. The van der Waals surface area contributed by atoms with Crippen molar-refractivity contribution < 1.29 is 53.7 Å². The molecular formula is C22H35N5O11. The third-order valence-corrected chi connectivity index (χ3v) is 5.06. The normalized spacial score (nSPS) is 13.9. The average molecular weight is 546 g/mol. The third kappa shape index (κ3) is 12.9. The van der Waals surface area contributed by atoms with E-state index in [4.69, 9.17) is 21.1 Å². The Bertz CT molecular complexity index is 921. The van der Waals surface area contributed by atoms with Gasteiger partial charge < -0.3 is 31.7 Å². The van der Waals surface area contributed by atoms with Gasteiger partial charge >= 0.3 is 17.9 Å². The first-order valence-electron chi connectivity index (χ1n) is 11.7. The first-order chi connectivity index (χ1) is 17.6. The van der Waals surface area contributed by atoms with Crippen molar-refractivity contribution in [3.8, 4) is 0 Å². The molecule has 0 radical (unpaired) electrons. The van der Waals surface area contributed by atoms with Gasteiger partial charge in [0.15, 0.2) is 0 Å². The maximum absolute atomic E-state index is 13.0. The van der Waals surface area contributed by atoms with E-state index in [0.29, 0.717) is 6.42 Å². The summed E-state index contributed by atoms with van der Waals surface area (Å²) >= 11 is 0. The summed E-state index contributed by atoms with van der Waals surface area (Å²) in [4.78, 5) is 95.7. The average Bonchev–Trinajstić information content (AvgIpc) is 2.80. The second kappa shape index (κ2) is 16.8. The molecule has 3 amide bonds. The third-order valence-electron chi connectivity index (χ3n) is 5.06. The summed E-state index contributed by atoms with van der Waals surface area (Å²) in [7, 11) is 0. The van der Waals surface area contributed by atoms with Crippen LogP contribution in [-0.2, 0) is 38.4 Å². The minimum atomic E-state index is -1.72. The van der Waals surface area contributed by atoms with Crippen molar-refractivity contribution in [2.75, 3.05) is 0 Å². The van der Waals surface area contributed by atoms with Crippen LogP contribution in [0.25, 0.3) is 0 Å². The Morgan fingerprint density at radius 3 is 1.76 bits per heavy atom. The van der Waals surface area contributed by atoms with Gasteiger partial charge in [-0.15, -0.1) is 0 Å². The number of aliphatic carboxylic acids is 3. The number of hydrogen-bond acceptors (Lipinski definition) is 10. The molecule has 0 aliphatic heterocycles. The topological polar surface area (TPSA) is 271 Å². The Balaban J connectivity index is 5.81. The van der Waals surface area contributed by atoms with Gasteiger partial charge in [-0.2, -0.15) is 0 Å². The molecule has 0 heterocycles. The summed E-state index contributed by atoms with van der Waals surface area (Å²) in [6.07, 6.45) is -2.35. The predicted octanol–water partition coefficient (Wildman–Crippen LogP) is -2.32. The van der Waals surface area contributed by atoms with Crippen LogP contribution in [0.1, 0.15) is 59.3 Å². The van der Waals surface area contributed by atoms with Gasteiger partial charge in [0.2, 0.25) is 29.3 Å². The fourth-order valence-electron chi connectivity index (χ4n) is 3.06. The molecule has 38 heavy (non-hydrogen) atoms. The number of carbonyl (C=O) groups is 8. The van der Waals surface area contributed by atoms with Crippen LogP contribution in [0.4, 0.5) is 0 Å². The van der Waals surface area contributed by atoms with Gasteiger partial charge in [-0.1, -0.05) is 20.8 Å². The lowest BCUT2D eigenvalue weighted by molar-refractivity contribution is -0.145. The van der Waals surface area contributed by atoms with E-state index >= 15 is 0 Å². The van der Waals surface area contributed by atoms with Crippen molar-refractivity contribution in [2.24, 2.45) is 11.7 Å². The SMILES string of the molecule is CCCC(=O)NN[C@@H](CC(=O)O)C(=O)C(=O)[C@H](CCC(=O)O)NC(=O)[C@@H](NC(=O)[C@@H](N)CC(=O)O)C(C)C. The molecule has 0 aromatic carbocycles. The van der Waals surface area contributed by atoms with E-state index < -0.39 is 103 Å². The second-order valence-corrected chi connectivity index (χ2v) is 8.75. The van der Waals surface area contributed by atoms with Gasteiger partial charge in [-0.25, -0.2) is 5.43 Å². The highest BCUT2D eigenvalue weighted by Gasteiger charge is 2.36. The number of rotatable bonds is 19. The number of hydrazine groups is 1. The van der Waals surface area contributed by atoms with E-state index in [1.54, 1.807) is 6.92 Å². The number of hydrogen-bond donors (Lipinski definition) is 8. The first-order valence-corrected chi connectivity index (χ1v) is 11.7. The fourth-order valence-corrected chi connectivity index (χ4v) is 3.06. The number of carboxylic acids is 3. The maximum Gasteiger partial charge on any atom is 0.305 e. The number of nitrogens with one attached hydrogen (secondary N) is 4. The maximum atomic E-state index is 13.0. The van der Waals surface area contributed by atoms with Gasteiger partial charge in [0.25, 0.3) is 0 Å². The van der Waals surface area contributed by atoms with Gasteiger partial charge in [0.1, 0.15) is 12.1 Å². The highest BCUT2D eigenvalue weighted by molar-refractivity contribution is 6.41. The molecule has 0 aromatic heterocycles. The van der Waals surface area contributed by atoms with Gasteiger partial charge in [-0.3, -0.25) is 43.8 Å². The molecule has 0 unspecified atom stereocenters. The number of ketones is 2. The zero-order valence-electron chi connectivity index (χ0n) is 21.3. The lowest BCUT2D eigenvalue weighted by atomic mass is 9.96. The lowest BCUT2D eigenvalue weighted by Crippen LogP contribution is -2.58. The number of amides is 3. The largest absolute Gasteiger partial charge is 0.481 e. The first kappa shape index (κ1) is 34.1. The molecule has 0 aromatic rings. The van der Waals surface area contributed by atoms with Crippen LogP contribution in [-0.4, -0.2) is 86.7 Å². The number of carboxylic acid groups (broad SMARTS) is 3. The highest BCUT2D eigenvalue weighted by Crippen LogP contribution is 2.08. The molecule has 0 fully saturated rings. The van der Waals surface area contributed by atoms with Crippen molar-refractivity contribution in [1.82, 2.24) is 21.5 Å². The smallest absolute Gasteiger partial charge is 0.305 e. The van der Waals surface area contributed by atoms with Gasteiger partial charge in [0, 0.05) is 12.8 Å². The minimum Gasteiger partial charge on any atom is -0.481 e. The van der Waals surface area contributed by atoms with E-state index in [1.807, 2.05) is 0 Å². The molecule has 0 saturated carbocycles. The molecule has 214 valence electrons. The van der Waals surface area contributed by atoms with Crippen LogP contribution in [0.2, 0.25) is 0 Å². The molecule has 0 spiro atoms. The summed E-state index contributed by atoms with van der Waals surface area (Å²) in [5, 5.41) is 31.4. The summed E-state index contributed by atoms with van der Waals surface area (Å²) in [6, 6.07) is -6.28. The second-order valence-electron chi connectivity index (χ2n) is 8.75. The molecule has 0 bridgehead atoms. The van der Waals surface area contributed by atoms with Crippen LogP contribution in [0, 0.1) is 5.92 Å². The highest BCUT2D eigenvalue weighted by atomic mass is 16.4. The van der Waals surface area contributed by atoms with Crippen molar-refractivity contribution in [3.05, 3.63) is 0 Å². The van der Waals surface area contributed by atoms with E-state index in [9.17, 15) is 38.4 Å². The molecule has 16 heteroatoms. The predicted molar refractivity (Wildman–Crippen MR) is 128 cm³/mol. The fraction of sp³-hybridized carbons (Fsp3) is 0.636. The van der Waals surface area contributed by atoms with Crippen LogP contribution < -0.4 is 27.2 Å². The summed E-state index contributed by atoms with van der Waals surface area (Å²) in [5.41, 5.74) is 9.82. The molecule has 4 atom stereocenters. The van der Waals surface area contributed by atoms with E-state index in [0.717, 1.165) is 0 Å². The zero-order valence-corrected chi connectivity index (χ0v) is 21.3. The van der Waals surface area contributed by atoms with Gasteiger partial charge in [0.05, 0.1) is 24.9 Å². The van der Waals surface area contributed by atoms with Crippen molar-refractivity contribution in [1.29, 1.82) is 0 Å². The summed E-state index contributed by atoms with van der Waals surface area (Å²) in [5.74, 6) is -10.0. The number of carbonyl (C=O) groups excluding carboxylic acids is 5. The molecular weight excluding hydrogens is 510 g/mol. The Morgan fingerprint density at radius 2 is 1.29 bits per heavy atom. The van der Waals surface area contributed by atoms with Crippen LogP contribution in [0.15, 0.2) is 0 Å². The van der Waals surface area contributed by atoms with Crippen molar-refractivity contribution in [3.63, 3.8) is 0 Å². The monoisotopic (exact) mass is 545 g/mol. The number of Topliss-reactive ketones (excluding diaryl/α,β-unsaturated/α-hetero) is 2. The summed E-state index contributed by atoms with van der Waals surface area (Å²) in [6.45, 7) is 4.72. The van der Waals surface area contributed by atoms with Crippen molar-refractivity contribution >= 4 is 47.2 Å². The van der Waals surface area contributed by atoms with E-state index in [2.05, 4.69) is 21.5 Å². The Kier molecular flexibility index (Phi) is 15.0. The molecule has 0 saturated heterocycles. The number of nitrogens with two attached hydrogens (primary N) is 1. The standard InChI is InChI=1S/C22H35N5O11/c1-4-5-14(28)27-26-13(9-17(33)34)20(36)19(35)12(6-7-15(29)30)24-22(38)18(10(2)3)25-21(37)11(23)8-16(31)32/h10-13,18,26H,4-9,23H2,1-3H3,(H,24,38)(H,25,37)(H,27,28)(H,29,30)(H,31,32)(H,33,34)/t11-,12-,13-,18-/m0/s1. The molecule has 0 aliphatic rings. The van der Waals surface area contributed by atoms with Crippen molar-refractivity contribution in [2.45, 2.75) is 83.5 Å². The van der Waals surface area contributed by atoms with Gasteiger partial charge in [-0.05, 0) is 18.8 Å². The lowest BCUT2D eigenvalue weighted by Gasteiger charge is -2.26. The van der Waals surface area contributed by atoms with Crippen LogP contribution in [0.3, 0.4) is 0 Å². The van der Waals surface area contributed by atoms with E-state index in [-0.39, 0.29) is 6.42 Å². The van der Waals surface area contributed by atoms with Crippen LogP contribution in [0.5, 0.6) is 0 Å². The Hall–Kier alpha value is -3.92. The molecule has 9 N–H and O–H groups in total. The molecule has 0 rings (SSSR count). The molecule has 0 aliphatic carbocycles. The molecule has 16 nitrogen and oxygen atoms in total. The Labute approximate surface area is 218 Å². The minimum absolute atomic E-state index is 0.0463. The van der Waals surface area contributed by atoms with E-state index in [1.165, 1.54) is 13.8 Å². The summed E-state index contributed by atoms with van der Waals surface area (Å²) < 4.78 is 0. The zero-order chi connectivity index (χ0) is 29.6.